The van der Waals surface area contributed by atoms with E-state index in [2.05, 4.69) is 15.1 Å². The topological polar surface area (TPSA) is 100 Å². The Labute approximate surface area is 209 Å². The Morgan fingerprint density at radius 1 is 1.24 bits per heavy atom. The van der Waals surface area contributed by atoms with Crippen LogP contribution in [0.1, 0.15) is 24.6 Å². The molecule has 37 heavy (non-hydrogen) atoms. The number of ether oxygens (including phenoxy) is 2. The fraction of sp³-hybridized carbons (Fsp3) is 0.375. The molecule has 0 spiro atoms. The summed E-state index contributed by atoms with van der Waals surface area (Å²) in [5.41, 5.74) is 2.02. The number of hydrogen-bond donors (Lipinski definition) is 0. The summed E-state index contributed by atoms with van der Waals surface area (Å²) in [6.07, 6.45) is -2.04. The Kier molecular flexibility index (Phi) is 6.21. The van der Waals surface area contributed by atoms with Crippen LogP contribution in [-0.2, 0) is 19.8 Å². The molecule has 1 aliphatic heterocycles. The molecule has 3 aromatic heterocycles. The number of benzene rings is 1. The molecule has 0 saturated carbocycles. The highest BCUT2D eigenvalue weighted by Crippen LogP contribution is 2.32. The zero-order chi connectivity index (χ0) is 26.3. The van der Waals surface area contributed by atoms with Crippen molar-refractivity contribution in [3.05, 3.63) is 48.0 Å². The molecule has 4 heterocycles. The Morgan fingerprint density at radius 3 is 2.78 bits per heavy atom. The summed E-state index contributed by atoms with van der Waals surface area (Å²) in [6, 6.07) is 4.21. The van der Waals surface area contributed by atoms with Crippen molar-refractivity contribution in [3.8, 4) is 23.0 Å². The molecule has 4 aromatic rings. The summed E-state index contributed by atoms with van der Waals surface area (Å²) >= 11 is 0. The first-order valence-electron chi connectivity index (χ1n) is 11.7. The van der Waals surface area contributed by atoms with E-state index in [0.717, 1.165) is 29.9 Å². The molecule has 0 aliphatic carbocycles. The molecule has 0 N–H and O–H groups in total. The zero-order valence-corrected chi connectivity index (χ0v) is 20.4. The van der Waals surface area contributed by atoms with Crippen molar-refractivity contribution in [2.45, 2.75) is 39.1 Å². The van der Waals surface area contributed by atoms with E-state index >= 15 is 0 Å². The van der Waals surface area contributed by atoms with Gasteiger partial charge in [0.05, 0.1) is 23.9 Å². The van der Waals surface area contributed by atoms with Crippen LogP contribution in [0.3, 0.4) is 0 Å². The van der Waals surface area contributed by atoms with E-state index in [-0.39, 0.29) is 18.2 Å². The van der Waals surface area contributed by atoms with Crippen molar-refractivity contribution in [1.29, 1.82) is 0 Å². The van der Waals surface area contributed by atoms with Crippen molar-refractivity contribution in [2.75, 3.05) is 13.1 Å². The van der Waals surface area contributed by atoms with Crippen LogP contribution in [0.5, 0.6) is 11.6 Å². The number of rotatable bonds is 5. The average Bonchev–Trinajstić information content (AvgIpc) is 3.57. The highest BCUT2D eigenvalue weighted by atomic mass is 19.4. The van der Waals surface area contributed by atoms with Gasteiger partial charge in [-0.1, -0.05) is 6.07 Å². The van der Waals surface area contributed by atoms with Crippen molar-refractivity contribution in [1.82, 2.24) is 34.2 Å². The summed E-state index contributed by atoms with van der Waals surface area (Å²) in [4.78, 5) is 27.3. The number of fused-ring (bicyclic) bond motifs is 1. The number of alkyl halides is 3. The van der Waals surface area contributed by atoms with E-state index < -0.39 is 23.9 Å². The molecule has 1 aliphatic rings. The maximum Gasteiger partial charge on any atom is 0.416 e. The Morgan fingerprint density at radius 2 is 2.05 bits per heavy atom. The number of hydrogen-bond acceptors (Lipinski definition) is 7. The predicted octanol–water partition coefficient (Wildman–Crippen LogP) is 4.23. The first kappa shape index (κ1) is 24.5. The highest BCUT2D eigenvalue weighted by molar-refractivity contribution is 5.81. The van der Waals surface area contributed by atoms with Gasteiger partial charge in [0.15, 0.2) is 11.2 Å². The molecule has 194 valence electrons. The maximum atomic E-state index is 12.9. The van der Waals surface area contributed by atoms with E-state index in [1.165, 1.54) is 23.4 Å². The Hall–Kier alpha value is -4.16. The summed E-state index contributed by atoms with van der Waals surface area (Å²) < 4.78 is 53.8. The molecule has 13 heteroatoms. The third-order valence-corrected chi connectivity index (χ3v) is 6.31. The summed E-state index contributed by atoms with van der Waals surface area (Å²) in [6.45, 7) is 5.22. The minimum Gasteiger partial charge on any atom is -0.471 e. The quantitative estimate of drug-likeness (QED) is 0.392. The van der Waals surface area contributed by atoms with E-state index in [0.29, 0.717) is 30.0 Å². The number of nitrogens with zero attached hydrogens (tertiary/aromatic N) is 7. The molecule has 5 rings (SSSR count). The minimum atomic E-state index is -4.53. The molecule has 10 nitrogen and oxygen atoms in total. The molecule has 0 bridgehead atoms. The van der Waals surface area contributed by atoms with Gasteiger partial charge in [0.2, 0.25) is 5.88 Å². The number of amides is 1. The van der Waals surface area contributed by atoms with Crippen LogP contribution in [0.4, 0.5) is 18.0 Å². The fourth-order valence-electron chi connectivity index (χ4n) is 4.34. The number of halogens is 3. The zero-order valence-electron chi connectivity index (χ0n) is 20.4. The molecule has 1 aromatic carbocycles. The number of aromatic nitrogens is 6. The van der Waals surface area contributed by atoms with Gasteiger partial charge in [0, 0.05) is 32.3 Å². The Balaban J connectivity index is 1.30. The van der Waals surface area contributed by atoms with Gasteiger partial charge >= 0.3 is 12.3 Å². The third kappa shape index (κ3) is 4.68. The second-order valence-corrected chi connectivity index (χ2v) is 8.67. The van der Waals surface area contributed by atoms with Gasteiger partial charge in [-0.25, -0.2) is 14.8 Å². The van der Waals surface area contributed by atoms with Crippen molar-refractivity contribution >= 4 is 17.3 Å². The first-order chi connectivity index (χ1) is 17.7. The summed E-state index contributed by atoms with van der Waals surface area (Å²) in [5, 5.41) is 4.39. The monoisotopic (exact) mass is 515 g/mol. The van der Waals surface area contributed by atoms with Crippen molar-refractivity contribution in [2.24, 2.45) is 7.05 Å². The molecule has 1 unspecified atom stereocenters. The van der Waals surface area contributed by atoms with Crippen LogP contribution in [0.15, 0.2) is 36.8 Å². The predicted molar refractivity (Wildman–Crippen MR) is 126 cm³/mol. The van der Waals surface area contributed by atoms with Gasteiger partial charge in [-0.15, -0.1) is 0 Å². The molecule has 0 radical (unpaired) electrons. The standard InChI is InChI=1S/C24H24F3N7O3/c1-4-34-14(2)18(11-30-34)20-31-19-21(32(20)3)28-13-29-22(19)36-17-8-9-33(12-17)23(35)37-16-7-5-6-15(10-16)24(25,26)27/h5-7,10-11,13,17H,4,8-9,12H2,1-3H3. The van der Waals surface area contributed by atoms with E-state index in [4.69, 9.17) is 14.5 Å². The number of likely N-dealkylation sites (tertiary alicyclic amines) is 1. The van der Waals surface area contributed by atoms with Gasteiger partial charge in [0.1, 0.15) is 24.0 Å². The van der Waals surface area contributed by atoms with E-state index in [9.17, 15) is 18.0 Å². The smallest absolute Gasteiger partial charge is 0.416 e. The normalized spacial score (nSPS) is 15.9. The van der Waals surface area contributed by atoms with Gasteiger partial charge < -0.3 is 18.9 Å². The van der Waals surface area contributed by atoms with E-state index in [1.54, 1.807) is 6.20 Å². The largest absolute Gasteiger partial charge is 0.471 e. The van der Waals surface area contributed by atoms with Crippen LogP contribution in [-0.4, -0.2) is 59.5 Å². The van der Waals surface area contributed by atoms with Gasteiger partial charge in [-0.3, -0.25) is 4.68 Å². The van der Waals surface area contributed by atoms with Crippen LogP contribution < -0.4 is 9.47 Å². The lowest BCUT2D eigenvalue weighted by Crippen LogP contribution is -2.33. The van der Waals surface area contributed by atoms with Gasteiger partial charge in [-0.05, 0) is 32.0 Å². The molecule has 1 fully saturated rings. The van der Waals surface area contributed by atoms with E-state index in [1.807, 2.05) is 30.1 Å². The van der Waals surface area contributed by atoms with Crippen molar-refractivity contribution in [3.63, 3.8) is 0 Å². The van der Waals surface area contributed by atoms with Crippen LogP contribution in [0.25, 0.3) is 22.6 Å². The summed E-state index contributed by atoms with van der Waals surface area (Å²) in [7, 11) is 1.85. The average molecular weight is 515 g/mol. The molecule has 1 amide bonds. The first-order valence-corrected chi connectivity index (χ1v) is 11.7. The van der Waals surface area contributed by atoms with Crippen molar-refractivity contribution < 1.29 is 27.4 Å². The van der Waals surface area contributed by atoms with Crippen LogP contribution >= 0.6 is 0 Å². The lowest BCUT2D eigenvalue weighted by Gasteiger charge is -2.17. The van der Waals surface area contributed by atoms with Gasteiger partial charge in [0.25, 0.3) is 0 Å². The van der Waals surface area contributed by atoms with Crippen LogP contribution in [0.2, 0.25) is 0 Å². The second kappa shape index (κ2) is 9.37. The second-order valence-electron chi connectivity index (χ2n) is 8.67. The van der Waals surface area contributed by atoms with Gasteiger partial charge in [-0.2, -0.15) is 23.3 Å². The minimum absolute atomic E-state index is 0.176. The molecule has 1 saturated heterocycles. The molecular weight excluding hydrogens is 491 g/mol. The molecular formula is C24H24F3N7O3. The maximum absolute atomic E-state index is 12.9. The third-order valence-electron chi connectivity index (χ3n) is 6.31. The van der Waals surface area contributed by atoms with Crippen LogP contribution in [0, 0.1) is 6.92 Å². The molecule has 1 atom stereocenters. The Bertz CT molecular complexity index is 1460. The highest BCUT2D eigenvalue weighted by Gasteiger charge is 2.33. The number of carbonyl (C=O) groups excluding carboxylic acids is 1. The number of aryl methyl sites for hydroxylation is 2. The SMILES string of the molecule is CCn1ncc(-c2nc3c(OC4CCN(C(=O)Oc5cccc(C(F)(F)F)c5)C4)ncnc3n2C)c1C. The summed E-state index contributed by atoms with van der Waals surface area (Å²) in [5.74, 6) is 0.783. The lowest BCUT2D eigenvalue weighted by atomic mass is 10.2. The number of carbonyl (C=O) groups is 1. The lowest BCUT2D eigenvalue weighted by molar-refractivity contribution is -0.137. The fourth-order valence-corrected chi connectivity index (χ4v) is 4.34. The number of imidazole rings is 1.